The predicted octanol–water partition coefficient (Wildman–Crippen LogP) is 3.70. The molecule has 2 fully saturated rings. The van der Waals surface area contributed by atoms with Crippen molar-refractivity contribution in [2.45, 2.75) is 52.5 Å². The Morgan fingerprint density at radius 1 is 1.48 bits per heavy atom. The van der Waals surface area contributed by atoms with E-state index in [1.54, 1.807) is 6.20 Å². The average molecular weight is 342 g/mol. The van der Waals surface area contributed by atoms with Crippen molar-refractivity contribution < 1.29 is 14.6 Å². The number of aromatic nitrogens is 1. The molecule has 3 rings (SSSR count). The first-order valence-electron chi connectivity index (χ1n) is 8.84. The van der Waals surface area contributed by atoms with Crippen LogP contribution < -0.4 is 4.74 Å². The summed E-state index contributed by atoms with van der Waals surface area (Å²) < 4.78 is 6.08. The molecular formula is C20H26N2O3. The van der Waals surface area contributed by atoms with Gasteiger partial charge in [0.2, 0.25) is 0 Å². The highest BCUT2D eigenvalue weighted by Gasteiger charge is 2.56. The van der Waals surface area contributed by atoms with Crippen molar-refractivity contribution >= 4 is 6.09 Å². The summed E-state index contributed by atoms with van der Waals surface area (Å²) in [6, 6.07) is 1.91. The molecule has 1 aliphatic heterocycles. The molecule has 0 aromatic carbocycles. The Bertz CT molecular complexity index is 738. The number of aryl methyl sites for hydroxylation is 1. The van der Waals surface area contributed by atoms with E-state index in [0.717, 1.165) is 17.7 Å². The van der Waals surface area contributed by atoms with E-state index in [4.69, 9.17) is 4.74 Å². The first kappa shape index (κ1) is 17.6. The number of carboxylic acid groups (broad SMARTS) is 1. The molecule has 1 aromatic heterocycles. The van der Waals surface area contributed by atoms with Crippen LogP contribution in [0.25, 0.3) is 0 Å². The van der Waals surface area contributed by atoms with E-state index < -0.39 is 11.6 Å². The number of rotatable bonds is 3. The quantitative estimate of drug-likeness (QED) is 0.851. The molecule has 1 unspecified atom stereocenters. The fourth-order valence-corrected chi connectivity index (χ4v) is 3.26. The van der Waals surface area contributed by atoms with Crippen LogP contribution in [0.15, 0.2) is 12.3 Å². The highest BCUT2D eigenvalue weighted by Crippen LogP contribution is 2.45. The van der Waals surface area contributed by atoms with E-state index in [0.29, 0.717) is 24.8 Å². The molecule has 5 nitrogen and oxygen atoms in total. The number of pyridine rings is 1. The smallest absolute Gasteiger partial charge is 0.407 e. The van der Waals surface area contributed by atoms with Crippen molar-refractivity contribution in [2.24, 2.45) is 11.3 Å². The molecule has 2 heterocycles. The van der Waals surface area contributed by atoms with E-state index in [-0.39, 0.29) is 5.41 Å². The number of carbonyl (C=O) groups is 1. The molecule has 0 spiro atoms. The maximum atomic E-state index is 11.6. The van der Waals surface area contributed by atoms with Gasteiger partial charge in [-0.05, 0) is 37.7 Å². The van der Waals surface area contributed by atoms with Gasteiger partial charge < -0.3 is 9.84 Å². The third kappa shape index (κ3) is 3.44. The van der Waals surface area contributed by atoms with E-state index >= 15 is 0 Å². The van der Waals surface area contributed by atoms with E-state index in [2.05, 4.69) is 37.6 Å². The minimum Gasteiger partial charge on any atom is -0.489 e. The van der Waals surface area contributed by atoms with Crippen molar-refractivity contribution in [2.75, 3.05) is 13.2 Å². The molecular weight excluding hydrogens is 316 g/mol. The summed E-state index contributed by atoms with van der Waals surface area (Å²) in [6.45, 7) is 8.97. The van der Waals surface area contributed by atoms with Gasteiger partial charge >= 0.3 is 6.09 Å². The second-order valence-corrected chi connectivity index (χ2v) is 8.11. The molecule has 5 heteroatoms. The lowest BCUT2D eigenvalue weighted by atomic mass is 9.66. The van der Waals surface area contributed by atoms with E-state index in [1.165, 1.54) is 17.7 Å². The molecule has 1 aromatic rings. The van der Waals surface area contributed by atoms with Crippen molar-refractivity contribution in [3.05, 3.63) is 23.5 Å². The second kappa shape index (κ2) is 6.25. The minimum absolute atomic E-state index is 0.214. The molecule has 1 atom stereocenters. The van der Waals surface area contributed by atoms with Gasteiger partial charge in [0.15, 0.2) is 0 Å². The maximum absolute atomic E-state index is 11.6. The summed E-state index contributed by atoms with van der Waals surface area (Å²) in [6.07, 6.45) is 4.06. The van der Waals surface area contributed by atoms with E-state index in [1.807, 2.05) is 13.0 Å². The number of nitrogens with zero attached hydrogens (tertiary/aromatic N) is 2. The lowest BCUT2D eigenvalue weighted by molar-refractivity contribution is -0.0962. The van der Waals surface area contributed by atoms with Gasteiger partial charge in [-0.2, -0.15) is 0 Å². The summed E-state index contributed by atoms with van der Waals surface area (Å²) in [7, 11) is 0. The summed E-state index contributed by atoms with van der Waals surface area (Å²) in [5, 5.41) is 9.50. The van der Waals surface area contributed by atoms with Gasteiger partial charge in [-0.25, -0.2) is 4.79 Å². The Balaban J connectivity index is 1.78. The van der Waals surface area contributed by atoms with Crippen LogP contribution in [-0.2, 0) is 0 Å². The second-order valence-electron chi connectivity index (χ2n) is 8.11. The fraction of sp³-hybridized carbons (Fsp3) is 0.600. The van der Waals surface area contributed by atoms with Gasteiger partial charge in [0, 0.05) is 24.2 Å². The minimum atomic E-state index is -0.885. The van der Waals surface area contributed by atoms with Crippen LogP contribution in [0.3, 0.4) is 0 Å². The highest BCUT2D eigenvalue weighted by molar-refractivity contribution is 5.68. The first-order chi connectivity index (χ1) is 11.7. The Labute approximate surface area is 149 Å². The predicted molar refractivity (Wildman–Crippen MR) is 95.6 cm³/mol. The summed E-state index contributed by atoms with van der Waals surface area (Å²) in [5.41, 5.74) is 0.915. The van der Waals surface area contributed by atoms with Crippen LogP contribution >= 0.6 is 0 Å². The molecule has 2 aliphatic rings. The molecule has 0 radical (unpaired) electrons. The molecule has 1 amide bonds. The van der Waals surface area contributed by atoms with Gasteiger partial charge in [0.1, 0.15) is 12.4 Å². The maximum Gasteiger partial charge on any atom is 0.407 e. The summed E-state index contributed by atoms with van der Waals surface area (Å²) >= 11 is 0. The molecule has 1 N–H and O–H groups in total. The third-order valence-corrected chi connectivity index (χ3v) is 5.40. The molecule has 1 saturated carbocycles. The summed E-state index contributed by atoms with van der Waals surface area (Å²) in [4.78, 5) is 17.5. The normalized spacial score (nSPS) is 22.6. The van der Waals surface area contributed by atoms with Gasteiger partial charge in [-0.15, -0.1) is 0 Å². The van der Waals surface area contributed by atoms with E-state index in [9.17, 15) is 9.90 Å². The fourth-order valence-electron chi connectivity index (χ4n) is 3.26. The van der Waals surface area contributed by atoms with Gasteiger partial charge in [-0.1, -0.05) is 32.6 Å². The number of ether oxygens (including phenoxy) is 1. The lowest BCUT2D eigenvalue weighted by Gasteiger charge is -2.58. The van der Waals surface area contributed by atoms with Gasteiger partial charge in [0.05, 0.1) is 11.2 Å². The zero-order valence-electron chi connectivity index (χ0n) is 15.4. The van der Waals surface area contributed by atoms with Crippen LogP contribution in [0.4, 0.5) is 4.79 Å². The molecule has 1 saturated heterocycles. The first-order valence-corrected chi connectivity index (χ1v) is 8.84. The summed E-state index contributed by atoms with van der Waals surface area (Å²) in [5.74, 6) is 7.61. The van der Waals surface area contributed by atoms with Crippen LogP contribution in [0, 0.1) is 30.1 Å². The number of amides is 1. The molecule has 1 aliphatic carbocycles. The zero-order valence-corrected chi connectivity index (χ0v) is 15.4. The van der Waals surface area contributed by atoms with Crippen molar-refractivity contribution in [1.29, 1.82) is 0 Å². The van der Waals surface area contributed by atoms with Crippen LogP contribution in [0.1, 0.15) is 51.3 Å². The van der Waals surface area contributed by atoms with Gasteiger partial charge in [0.25, 0.3) is 0 Å². The SMILES string of the molecule is Cc1ncc(C#CC2CC2)cc1OCC1(C(C)(C)C)CCN1C(=O)O. The van der Waals surface area contributed by atoms with Crippen LogP contribution in [-0.4, -0.2) is 39.8 Å². The number of hydrogen-bond acceptors (Lipinski definition) is 3. The Morgan fingerprint density at radius 2 is 2.20 bits per heavy atom. The third-order valence-electron chi connectivity index (χ3n) is 5.40. The Morgan fingerprint density at radius 3 is 2.72 bits per heavy atom. The van der Waals surface area contributed by atoms with Crippen LogP contribution in [0.5, 0.6) is 5.75 Å². The van der Waals surface area contributed by atoms with Crippen LogP contribution in [0.2, 0.25) is 0 Å². The Kier molecular flexibility index (Phi) is 4.40. The topological polar surface area (TPSA) is 62.7 Å². The monoisotopic (exact) mass is 342 g/mol. The van der Waals surface area contributed by atoms with Gasteiger partial charge in [-0.3, -0.25) is 9.88 Å². The lowest BCUT2D eigenvalue weighted by Crippen LogP contribution is -2.70. The Hall–Kier alpha value is -2.22. The van der Waals surface area contributed by atoms with Crippen molar-refractivity contribution in [1.82, 2.24) is 9.88 Å². The van der Waals surface area contributed by atoms with Crippen molar-refractivity contribution in [3.63, 3.8) is 0 Å². The average Bonchev–Trinajstić information content (AvgIpc) is 3.29. The van der Waals surface area contributed by atoms with Crippen molar-refractivity contribution in [3.8, 4) is 17.6 Å². The largest absolute Gasteiger partial charge is 0.489 e. The molecule has 0 bridgehead atoms. The molecule has 134 valence electrons. The highest BCUT2D eigenvalue weighted by atomic mass is 16.5. The molecule has 25 heavy (non-hydrogen) atoms. The zero-order chi connectivity index (χ0) is 18.2. The number of likely N-dealkylation sites (tertiary alicyclic amines) is 1. The standard InChI is InChI=1S/C20H26N2O3/c1-14-17(11-16(12-21-14)8-7-15-5-6-15)25-13-20(19(2,3)4)9-10-22(20)18(23)24/h11-12,15H,5-6,9-10,13H2,1-4H3,(H,23,24). The number of hydrogen-bond donors (Lipinski definition) is 1.